The highest BCUT2D eigenvalue weighted by Gasteiger charge is 2.20. The minimum Gasteiger partial charge on any atom is -0.417 e. The Hall–Kier alpha value is 1.00. The van der Waals surface area contributed by atoms with E-state index in [-0.39, 0.29) is 19.4 Å². The molecule has 0 radical (unpaired) electrons. The van der Waals surface area contributed by atoms with Crippen LogP contribution in [0.5, 0.6) is 0 Å². The predicted octanol–water partition coefficient (Wildman–Crippen LogP) is 0.536. The zero-order valence-corrected chi connectivity index (χ0v) is 14.5. The minimum atomic E-state index is -1.35. The average Bonchev–Trinajstić information content (AvgIpc) is 2.12. The maximum Gasteiger partial charge on any atom is 0.208 e. The summed E-state index contributed by atoms with van der Waals surface area (Å²) >= 11 is 0. The Bertz CT molecular complexity index is 133. The van der Waals surface area contributed by atoms with Crippen molar-refractivity contribution in [2.24, 2.45) is 0 Å². The summed E-state index contributed by atoms with van der Waals surface area (Å²) in [6.07, 6.45) is 1.34. The largest absolute Gasteiger partial charge is 0.417 e. The first-order chi connectivity index (χ1) is 6.05. The Morgan fingerprint density at radius 3 is 2.31 bits per heavy atom. The van der Waals surface area contributed by atoms with Gasteiger partial charge in [-0.15, -0.1) is 8.79 Å². The molecule has 0 saturated heterocycles. The van der Waals surface area contributed by atoms with Crippen LogP contribution in [0.25, 0.3) is 0 Å². The average molecular weight is 254 g/mol. The highest BCUT2D eigenvalue weighted by atomic mass is 31.3. The Morgan fingerprint density at radius 2 is 1.92 bits per heavy atom. The number of hydrogen-bond acceptors (Lipinski definition) is 2. The highest BCUT2D eigenvalue weighted by Crippen LogP contribution is 2.20. The van der Waals surface area contributed by atoms with E-state index < -0.39 is 7.98 Å². The summed E-state index contributed by atoms with van der Waals surface area (Å²) in [5.41, 5.74) is 0. The molecule has 13 heavy (non-hydrogen) atoms. The van der Waals surface area contributed by atoms with Crippen LogP contribution in [-0.2, 0) is 4.43 Å². The molecule has 0 aliphatic carbocycles. The molecule has 0 N–H and O–H groups in total. The monoisotopic (exact) mass is 253 g/mol. The molecule has 0 aromatic carbocycles. The van der Waals surface area contributed by atoms with E-state index in [9.17, 15) is 0 Å². The first kappa shape index (κ1) is 14.0. The highest BCUT2D eigenvalue weighted by molar-refractivity contribution is 7.67. The Morgan fingerprint density at radius 1 is 1.38 bits per heavy atom. The summed E-state index contributed by atoms with van der Waals surface area (Å²) in [5, 5.41) is 0. The second kappa shape index (κ2) is 7.31. The van der Waals surface area contributed by atoms with Gasteiger partial charge in [-0.05, 0) is 25.6 Å². The van der Waals surface area contributed by atoms with Crippen molar-refractivity contribution in [2.75, 3.05) is 13.7 Å². The van der Waals surface area contributed by atoms with Crippen LogP contribution in [0.15, 0.2) is 0 Å². The summed E-state index contributed by atoms with van der Waals surface area (Å²) in [6, 6.07) is 1.29. The van der Waals surface area contributed by atoms with Crippen LogP contribution in [0.3, 0.4) is 0 Å². The van der Waals surface area contributed by atoms with Crippen LogP contribution in [0.2, 0.25) is 25.7 Å². The van der Waals surface area contributed by atoms with Crippen LogP contribution in [0, 0.1) is 0 Å². The second-order valence-electron chi connectivity index (χ2n) is 3.65. The van der Waals surface area contributed by atoms with Gasteiger partial charge in [-0.3, -0.25) is 0 Å². The van der Waals surface area contributed by atoms with Gasteiger partial charge in [-0.2, -0.15) is 0 Å². The molecule has 0 heterocycles. The van der Waals surface area contributed by atoms with Crippen molar-refractivity contribution in [3.05, 3.63) is 0 Å². The van der Waals surface area contributed by atoms with E-state index in [1.807, 2.05) is 7.11 Å². The Labute approximate surface area is 90.8 Å². The van der Waals surface area contributed by atoms with Crippen LogP contribution < -0.4 is 0 Å². The zero-order valence-electron chi connectivity index (χ0n) is 9.47. The van der Waals surface area contributed by atoms with Gasteiger partial charge in [-0.25, -0.2) is 0 Å². The van der Waals surface area contributed by atoms with E-state index in [0.717, 1.165) is 0 Å². The third kappa shape index (κ3) is 6.99. The molecule has 0 rings (SSSR count). The van der Waals surface area contributed by atoms with Crippen molar-refractivity contribution >= 4 is 36.1 Å². The van der Waals surface area contributed by atoms with Crippen LogP contribution in [0.4, 0.5) is 0 Å². The third-order valence-corrected chi connectivity index (χ3v) is 11.5. The standard InChI is InChI=1S/C7H24NOPSi3/c1-9-13(4,10)7-5-6-8(11-2)12-3/h5-7,10-12H2,1-4H3. The summed E-state index contributed by atoms with van der Waals surface area (Å²) in [6.45, 7) is 8.40. The lowest BCUT2D eigenvalue weighted by molar-refractivity contribution is 0.414. The molecular weight excluding hydrogens is 229 g/mol. The first-order valence-electron chi connectivity index (χ1n) is 5.12. The van der Waals surface area contributed by atoms with Gasteiger partial charge in [0.1, 0.15) is 0 Å². The summed E-state index contributed by atoms with van der Waals surface area (Å²) in [7, 11) is 3.67. The predicted molar refractivity (Wildman–Crippen MR) is 73.3 cm³/mol. The quantitative estimate of drug-likeness (QED) is 0.485. The lowest BCUT2D eigenvalue weighted by Gasteiger charge is -2.22. The van der Waals surface area contributed by atoms with Crippen molar-refractivity contribution in [3.63, 3.8) is 0 Å². The first-order valence-corrected chi connectivity index (χ1v) is 13.6. The van der Waals surface area contributed by atoms with E-state index in [4.69, 9.17) is 4.43 Å². The Balaban J connectivity index is 3.54. The SMILES string of the molecule is CO[Si](C)(P)CCCN([SiH2]C)[SiH2]C. The van der Waals surface area contributed by atoms with Gasteiger partial charge in [0.05, 0.1) is 19.4 Å². The fraction of sp³-hybridized carbons (Fsp3) is 1.00. The molecular formula is C7H24NOPSi3. The molecule has 2 nitrogen and oxygen atoms in total. The number of hydrogen-bond donors (Lipinski definition) is 0. The number of rotatable bonds is 7. The molecule has 0 aliphatic heterocycles. The smallest absolute Gasteiger partial charge is 0.208 e. The van der Waals surface area contributed by atoms with Gasteiger partial charge in [0.25, 0.3) is 0 Å². The van der Waals surface area contributed by atoms with Gasteiger partial charge >= 0.3 is 0 Å². The lowest BCUT2D eigenvalue weighted by Crippen LogP contribution is -2.31. The van der Waals surface area contributed by atoms with E-state index in [0.29, 0.717) is 0 Å². The van der Waals surface area contributed by atoms with Crippen molar-refractivity contribution in [1.29, 1.82) is 0 Å². The van der Waals surface area contributed by atoms with Crippen molar-refractivity contribution in [3.8, 4) is 0 Å². The topological polar surface area (TPSA) is 12.5 Å². The van der Waals surface area contributed by atoms with Gasteiger partial charge in [0.2, 0.25) is 7.98 Å². The van der Waals surface area contributed by atoms with E-state index >= 15 is 0 Å². The van der Waals surface area contributed by atoms with Crippen LogP contribution in [-0.4, -0.2) is 45.2 Å². The molecule has 6 heteroatoms. The van der Waals surface area contributed by atoms with Crippen molar-refractivity contribution in [1.82, 2.24) is 4.23 Å². The van der Waals surface area contributed by atoms with E-state index in [2.05, 4.69) is 32.7 Å². The van der Waals surface area contributed by atoms with E-state index in [1.54, 1.807) is 0 Å². The normalized spacial score (nSPS) is 18.0. The lowest BCUT2D eigenvalue weighted by atomic mass is 10.5. The third-order valence-electron chi connectivity index (χ3n) is 2.51. The molecule has 0 bridgehead atoms. The molecule has 0 aromatic heterocycles. The van der Waals surface area contributed by atoms with Crippen LogP contribution in [0.1, 0.15) is 6.42 Å². The molecule has 0 aliphatic rings. The fourth-order valence-corrected chi connectivity index (χ4v) is 5.84. The summed E-state index contributed by atoms with van der Waals surface area (Å²) in [4.78, 5) is 0. The molecule has 0 saturated carbocycles. The minimum absolute atomic E-state index is 0.120. The summed E-state index contributed by atoms with van der Waals surface area (Å²) < 4.78 is 8.23. The maximum absolute atomic E-state index is 5.49. The van der Waals surface area contributed by atoms with Gasteiger partial charge in [-0.1, -0.05) is 13.1 Å². The molecule has 2 unspecified atom stereocenters. The second-order valence-corrected chi connectivity index (χ2v) is 14.8. The molecule has 0 spiro atoms. The Kier molecular flexibility index (Phi) is 7.88. The fourth-order valence-electron chi connectivity index (χ4n) is 1.30. The maximum atomic E-state index is 5.49. The van der Waals surface area contributed by atoms with Crippen molar-refractivity contribution < 1.29 is 4.43 Å². The van der Waals surface area contributed by atoms with E-state index in [1.165, 1.54) is 19.0 Å². The molecule has 2 atom stereocenters. The van der Waals surface area contributed by atoms with Crippen molar-refractivity contribution in [2.45, 2.75) is 32.1 Å². The van der Waals surface area contributed by atoms with Gasteiger partial charge in [0, 0.05) is 7.11 Å². The van der Waals surface area contributed by atoms with Gasteiger partial charge < -0.3 is 8.66 Å². The number of nitrogens with zero attached hydrogens (tertiary/aromatic N) is 1. The molecule has 0 aromatic rings. The molecule has 80 valence electrons. The van der Waals surface area contributed by atoms with Gasteiger partial charge in [0.15, 0.2) is 0 Å². The zero-order chi connectivity index (χ0) is 10.3. The summed E-state index contributed by atoms with van der Waals surface area (Å²) in [5.74, 6) is 0. The molecule has 0 amide bonds. The van der Waals surface area contributed by atoms with Crippen LogP contribution >= 0.6 is 8.79 Å². The molecule has 0 fully saturated rings.